The van der Waals surface area contributed by atoms with Crippen molar-refractivity contribution in [3.63, 3.8) is 0 Å². The summed E-state index contributed by atoms with van der Waals surface area (Å²) in [7, 11) is -17.0. The molecule has 0 aromatic carbocycles. The Morgan fingerprint density at radius 3 is 2.41 bits per heavy atom. The molecule has 16 nitrogen and oxygen atoms in total. The van der Waals surface area contributed by atoms with Crippen LogP contribution >= 0.6 is 46.7 Å². The molecule has 1 saturated heterocycles. The normalized spacial score (nSPS) is 30.1. The number of alkyl halides is 2. The largest absolute Gasteiger partial charge is 0.490 e. The van der Waals surface area contributed by atoms with Crippen LogP contribution in [-0.4, -0.2) is 65.0 Å². The molecule has 7 N–H and O–H groups in total. The molecule has 0 bridgehead atoms. The molecule has 1 aliphatic rings. The molecule has 1 fully saturated rings. The fourth-order valence-corrected chi connectivity index (χ4v) is 6.23. The van der Waals surface area contributed by atoms with E-state index in [4.69, 9.17) is 48.4 Å². The second-order valence-electron chi connectivity index (χ2n) is 6.20. The molecule has 0 spiro atoms. The summed E-state index contributed by atoms with van der Waals surface area (Å²) in [5, 5.41) is 10.7. The minimum Gasteiger partial charge on any atom is -0.386 e. The second kappa shape index (κ2) is 9.29. The minimum atomic E-state index is -5.80. The van der Waals surface area contributed by atoms with Gasteiger partial charge >= 0.3 is 29.2 Å². The second-order valence-corrected chi connectivity index (χ2v) is 11.5. The molecule has 32 heavy (non-hydrogen) atoms. The molecule has 1 aliphatic heterocycles. The maximum atomic E-state index is 13.8. The van der Waals surface area contributed by atoms with Crippen LogP contribution in [0.25, 0.3) is 0 Å². The van der Waals surface area contributed by atoms with Gasteiger partial charge in [0.05, 0.1) is 25.3 Å². The monoisotopic (exact) mass is 567 g/mol. The number of anilines is 1. The van der Waals surface area contributed by atoms with Gasteiger partial charge < -0.3 is 35.2 Å². The van der Waals surface area contributed by atoms with Crippen LogP contribution in [-0.2, 0) is 36.6 Å². The maximum absolute atomic E-state index is 13.8. The minimum absolute atomic E-state index is 0.435. The molecule has 5 atom stereocenters. The number of phosphoric ester groups is 1. The lowest BCUT2D eigenvalue weighted by Gasteiger charge is -2.33. The summed E-state index contributed by atoms with van der Waals surface area (Å²) in [5.74, 6) is -2.65. The highest BCUT2D eigenvalue weighted by molar-refractivity contribution is 7.66. The van der Waals surface area contributed by atoms with Crippen molar-refractivity contribution in [2.45, 2.75) is 16.7 Å². The Kier molecular flexibility index (Phi) is 8.06. The van der Waals surface area contributed by atoms with Gasteiger partial charge in [-0.2, -0.15) is 13.6 Å². The van der Waals surface area contributed by atoms with Crippen molar-refractivity contribution in [2.75, 3.05) is 24.8 Å². The first-order valence-corrected chi connectivity index (χ1v) is 13.2. The predicted octanol–water partition coefficient (Wildman–Crippen LogP) is -0.432. The molecule has 2 heterocycles. The number of nitrogens with zero attached hydrogens (tertiary/aromatic N) is 2. The Bertz CT molecular complexity index is 1090. The fourth-order valence-electron chi connectivity index (χ4n) is 2.48. The van der Waals surface area contributed by atoms with Gasteiger partial charge in [-0.3, -0.25) is 9.09 Å². The first-order valence-electron chi connectivity index (χ1n) is 7.77. The molecule has 0 aliphatic carbocycles. The summed E-state index contributed by atoms with van der Waals surface area (Å²) in [6.07, 6.45) is -1.53. The number of ether oxygens (including phenoxy) is 1. The molecule has 1 aromatic rings. The molecule has 1 aromatic heterocycles. The van der Waals surface area contributed by atoms with Crippen LogP contribution in [0.5, 0.6) is 0 Å². The molecule has 22 heteroatoms. The Balaban J connectivity index is 2.25. The van der Waals surface area contributed by atoms with Crippen molar-refractivity contribution < 1.29 is 60.6 Å². The van der Waals surface area contributed by atoms with E-state index in [1.807, 2.05) is 0 Å². The number of rotatable bonds is 9. The van der Waals surface area contributed by atoms with Gasteiger partial charge in [0.15, 0.2) is 16.6 Å². The van der Waals surface area contributed by atoms with Gasteiger partial charge in [-0.25, -0.2) is 22.9 Å². The number of nitrogens with two attached hydrogens (primary N) is 1. The van der Waals surface area contributed by atoms with E-state index >= 15 is 0 Å². The van der Waals surface area contributed by atoms with Crippen LogP contribution in [0.2, 0.25) is 0 Å². The van der Waals surface area contributed by atoms with Gasteiger partial charge in [0.1, 0.15) is 11.7 Å². The zero-order chi connectivity index (χ0) is 24.8. The smallest absolute Gasteiger partial charge is 0.386 e. The van der Waals surface area contributed by atoms with Crippen molar-refractivity contribution in [3.8, 4) is 0 Å². The number of aromatic nitrogens is 2. The highest BCUT2D eigenvalue weighted by Gasteiger charge is 2.60. The molecular weight excluding hydrogens is 553 g/mol. The number of phosphoric acid groups is 3. The van der Waals surface area contributed by atoms with Crippen LogP contribution in [0.4, 0.5) is 10.2 Å². The molecular formula is C10H15Cl2FN3O13P3. The molecule has 0 saturated carbocycles. The topological polar surface area (TPSA) is 250 Å². The van der Waals surface area contributed by atoms with Crippen LogP contribution < -0.4 is 11.4 Å². The number of hydrogen-bond donors (Lipinski definition) is 6. The summed E-state index contributed by atoms with van der Waals surface area (Å²) < 4.78 is 64.9. The molecule has 0 radical (unpaired) electrons. The lowest BCUT2D eigenvalue weighted by Crippen LogP contribution is -2.54. The van der Waals surface area contributed by atoms with Gasteiger partial charge in [0.25, 0.3) is 0 Å². The van der Waals surface area contributed by atoms with Crippen LogP contribution in [0.15, 0.2) is 11.0 Å². The average molecular weight is 568 g/mol. The number of nitrogen functional groups attached to an aromatic ring is 1. The van der Waals surface area contributed by atoms with Gasteiger partial charge in [-0.1, -0.05) is 11.6 Å². The number of aliphatic hydroxyl groups is 1. The Labute approximate surface area is 187 Å². The van der Waals surface area contributed by atoms with Crippen molar-refractivity contribution >= 4 is 52.5 Å². The highest BCUT2D eigenvalue weighted by atomic mass is 35.5. The van der Waals surface area contributed by atoms with E-state index in [0.717, 1.165) is 0 Å². The van der Waals surface area contributed by atoms with Crippen LogP contribution in [0, 0.1) is 5.82 Å². The summed E-state index contributed by atoms with van der Waals surface area (Å²) in [6, 6.07) is 0. The summed E-state index contributed by atoms with van der Waals surface area (Å²) in [4.78, 5) is 48.7. The van der Waals surface area contributed by atoms with Crippen LogP contribution in [0.3, 0.4) is 0 Å². The molecule has 2 unspecified atom stereocenters. The first-order chi connectivity index (χ1) is 14.4. The Hall–Kier alpha value is -0.480. The third-order valence-corrected chi connectivity index (χ3v) is 8.64. The van der Waals surface area contributed by atoms with E-state index in [2.05, 4.69) is 18.1 Å². The highest BCUT2D eigenvalue weighted by Crippen LogP contribution is 2.66. The Morgan fingerprint density at radius 2 is 1.88 bits per heavy atom. The standard InChI is InChI=1S/C10H15Cl2FN3O13P3/c11-2-9(3-27-31(22,23)29-32(24,25)28-30(19,20)21)7(17)10(12,4-26-9)16-1-5(13)6(14)15-8(16)18/h1,7,17H,2-4H2,(H,22,23)(H,24,25)(H2,14,15,18)(H2,19,20,21)/t7-,9-,10+/m1/s1. The van der Waals surface area contributed by atoms with Crippen LogP contribution in [0.1, 0.15) is 0 Å². The van der Waals surface area contributed by atoms with E-state index in [-0.39, 0.29) is 0 Å². The van der Waals surface area contributed by atoms with Gasteiger partial charge in [0.2, 0.25) is 0 Å². The average Bonchev–Trinajstić information content (AvgIpc) is 2.86. The number of hydrogen-bond acceptors (Lipinski definition) is 11. The summed E-state index contributed by atoms with van der Waals surface area (Å²) >= 11 is 12.0. The zero-order valence-corrected chi connectivity index (χ0v) is 19.4. The van der Waals surface area contributed by atoms with Crippen molar-refractivity contribution in [3.05, 3.63) is 22.5 Å². The number of aliphatic hydroxyl groups excluding tert-OH is 1. The first kappa shape index (κ1) is 27.8. The number of halogens is 3. The van der Waals surface area contributed by atoms with Crippen molar-refractivity contribution in [2.24, 2.45) is 0 Å². The summed E-state index contributed by atoms with van der Waals surface area (Å²) in [6.45, 7) is -1.93. The lowest BCUT2D eigenvalue weighted by molar-refractivity contribution is -0.0748. The van der Waals surface area contributed by atoms with E-state index < -0.39 is 76.6 Å². The van der Waals surface area contributed by atoms with Crippen molar-refractivity contribution in [1.29, 1.82) is 0 Å². The van der Waals surface area contributed by atoms with E-state index in [1.165, 1.54) is 0 Å². The maximum Gasteiger partial charge on any atom is 0.490 e. The molecule has 2 rings (SSSR count). The lowest BCUT2D eigenvalue weighted by atomic mass is 9.96. The third kappa shape index (κ3) is 6.14. The molecule has 184 valence electrons. The Morgan fingerprint density at radius 1 is 1.28 bits per heavy atom. The summed E-state index contributed by atoms with van der Waals surface area (Å²) in [5.41, 5.74) is 1.81. The SMILES string of the molecule is Nc1nc(=O)n([C@@]2(Cl)CO[C@](CCl)(COP(=O)(O)OP(=O)(O)OP(=O)(O)O)[C@H]2O)cc1F. The van der Waals surface area contributed by atoms with E-state index in [0.29, 0.717) is 10.8 Å². The predicted molar refractivity (Wildman–Crippen MR) is 102 cm³/mol. The quantitative estimate of drug-likeness (QED) is 0.163. The zero-order valence-electron chi connectivity index (χ0n) is 15.2. The third-order valence-electron chi connectivity index (χ3n) is 3.90. The van der Waals surface area contributed by atoms with Gasteiger partial charge in [-0.05, 0) is 0 Å². The van der Waals surface area contributed by atoms with E-state index in [1.54, 1.807) is 0 Å². The van der Waals surface area contributed by atoms with Crippen molar-refractivity contribution in [1.82, 2.24) is 9.55 Å². The van der Waals surface area contributed by atoms with Gasteiger partial charge in [0, 0.05) is 0 Å². The molecule has 0 amide bonds. The fraction of sp³-hybridized carbons (Fsp3) is 0.600. The van der Waals surface area contributed by atoms with E-state index in [9.17, 15) is 32.9 Å². The van der Waals surface area contributed by atoms with Gasteiger partial charge in [-0.15, -0.1) is 11.6 Å².